The highest BCUT2D eigenvalue weighted by Gasteiger charge is 2.26. The average Bonchev–Trinajstić information content (AvgIpc) is 2.32. The van der Waals surface area contributed by atoms with E-state index in [1.165, 1.54) is 0 Å². The summed E-state index contributed by atoms with van der Waals surface area (Å²) in [5, 5.41) is 2.92. The van der Waals surface area contributed by atoms with Gasteiger partial charge in [0.1, 0.15) is 0 Å². The van der Waals surface area contributed by atoms with Crippen LogP contribution in [0.25, 0.3) is 0 Å². The Morgan fingerprint density at radius 2 is 1.95 bits per heavy atom. The van der Waals surface area contributed by atoms with Gasteiger partial charge in [-0.05, 0) is 48.0 Å². The first-order valence-corrected chi connectivity index (χ1v) is 7.70. The number of anilines is 1. The van der Waals surface area contributed by atoms with E-state index >= 15 is 0 Å². The Morgan fingerprint density at radius 3 is 2.58 bits per heavy atom. The molecule has 0 bridgehead atoms. The van der Waals surface area contributed by atoms with E-state index in [2.05, 4.69) is 37.2 Å². The van der Waals surface area contributed by atoms with Crippen LogP contribution < -0.4 is 5.32 Å². The Bertz CT molecular complexity index is 472. The highest BCUT2D eigenvalue weighted by Crippen LogP contribution is 2.26. The Hall–Kier alpha value is -0.590. The van der Waals surface area contributed by atoms with E-state index < -0.39 is 0 Å². The van der Waals surface area contributed by atoms with Gasteiger partial charge in [-0.2, -0.15) is 0 Å². The number of ether oxygens (including phenoxy) is 1. The van der Waals surface area contributed by atoms with Crippen molar-refractivity contribution in [2.45, 2.75) is 26.1 Å². The Balaban J connectivity index is 2.06. The Kier molecular flexibility index (Phi) is 4.86. The maximum Gasteiger partial charge on any atom is 0.322 e. The molecule has 1 aliphatic heterocycles. The minimum absolute atomic E-state index is 0.0699. The van der Waals surface area contributed by atoms with Crippen LogP contribution in [0.1, 0.15) is 13.8 Å². The zero-order valence-electron chi connectivity index (χ0n) is 10.8. The largest absolute Gasteiger partial charge is 0.372 e. The van der Waals surface area contributed by atoms with Crippen LogP contribution in [0.15, 0.2) is 27.1 Å². The Morgan fingerprint density at radius 1 is 1.32 bits per heavy atom. The number of benzene rings is 1. The first-order valence-electron chi connectivity index (χ1n) is 6.12. The number of hydrogen-bond acceptors (Lipinski definition) is 2. The van der Waals surface area contributed by atoms with Gasteiger partial charge in [0.2, 0.25) is 0 Å². The SMILES string of the molecule is CC1CN(C(=O)Nc2cc(Br)ccc2Br)CC(C)O1. The van der Waals surface area contributed by atoms with E-state index in [1.54, 1.807) is 4.90 Å². The topological polar surface area (TPSA) is 41.6 Å². The zero-order chi connectivity index (χ0) is 14.0. The summed E-state index contributed by atoms with van der Waals surface area (Å²) in [5.41, 5.74) is 0.756. The minimum atomic E-state index is -0.0965. The van der Waals surface area contributed by atoms with Crippen molar-refractivity contribution in [2.75, 3.05) is 18.4 Å². The number of rotatable bonds is 1. The van der Waals surface area contributed by atoms with Gasteiger partial charge in [0, 0.05) is 22.0 Å². The predicted molar refractivity (Wildman–Crippen MR) is 82.4 cm³/mol. The second kappa shape index (κ2) is 6.24. The monoisotopic (exact) mass is 390 g/mol. The molecule has 104 valence electrons. The van der Waals surface area contributed by atoms with Crippen molar-refractivity contribution in [1.82, 2.24) is 4.90 Å². The van der Waals surface area contributed by atoms with Crippen molar-refractivity contribution in [3.8, 4) is 0 Å². The number of carbonyl (C=O) groups excluding carboxylic acids is 1. The molecule has 2 atom stereocenters. The van der Waals surface area contributed by atoms with E-state index in [0.29, 0.717) is 13.1 Å². The van der Waals surface area contributed by atoms with Crippen molar-refractivity contribution in [1.29, 1.82) is 0 Å². The second-order valence-corrected chi connectivity index (χ2v) is 6.49. The molecular weight excluding hydrogens is 376 g/mol. The molecule has 0 aliphatic carbocycles. The summed E-state index contributed by atoms with van der Waals surface area (Å²) in [6, 6.07) is 5.58. The quantitative estimate of drug-likeness (QED) is 0.789. The first-order chi connectivity index (χ1) is 8.95. The van der Waals surface area contributed by atoms with Gasteiger partial charge in [-0.15, -0.1) is 0 Å². The van der Waals surface area contributed by atoms with E-state index in [9.17, 15) is 4.79 Å². The highest BCUT2D eigenvalue weighted by atomic mass is 79.9. The molecule has 1 heterocycles. The number of halogens is 2. The van der Waals surface area contributed by atoms with Crippen LogP contribution in [-0.2, 0) is 4.74 Å². The molecule has 0 spiro atoms. The van der Waals surface area contributed by atoms with Crippen LogP contribution >= 0.6 is 31.9 Å². The lowest BCUT2D eigenvalue weighted by atomic mass is 10.2. The number of nitrogens with one attached hydrogen (secondary N) is 1. The molecule has 4 nitrogen and oxygen atoms in total. The average molecular weight is 392 g/mol. The molecule has 1 N–H and O–H groups in total. The van der Waals surface area contributed by atoms with Gasteiger partial charge < -0.3 is 15.0 Å². The summed E-state index contributed by atoms with van der Waals surface area (Å²) in [4.78, 5) is 14.0. The lowest BCUT2D eigenvalue weighted by molar-refractivity contribution is -0.0530. The molecule has 0 aromatic heterocycles. The molecule has 19 heavy (non-hydrogen) atoms. The molecular formula is C13H16Br2N2O2. The molecule has 1 aromatic carbocycles. The van der Waals surface area contributed by atoms with Gasteiger partial charge >= 0.3 is 6.03 Å². The second-order valence-electron chi connectivity index (χ2n) is 4.72. The van der Waals surface area contributed by atoms with Gasteiger partial charge in [0.15, 0.2) is 0 Å². The standard InChI is InChI=1S/C13H16Br2N2O2/c1-8-6-17(7-9(2)19-8)13(18)16-12-5-10(14)3-4-11(12)15/h3-5,8-9H,6-7H2,1-2H3,(H,16,18). The van der Waals surface area contributed by atoms with Crippen LogP contribution in [0.5, 0.6) is 0 Å². The number of urea groups is 1. The van der Waals surface area contributed by atoms with Crippen LogP contribution in [0.2, 0.25) is 0 Å². The van der Waals surface area contributed by atoms with Crippen molar-refractivity contribution in [2.24, 2.45) is 0 Å². The van der Waals surface area contributed by atoms with E-state index in [4.69, 9.17) is 4.74 Å². The first kappa shape index (κ1) is 14.8. The number of morpholine rings is 1. The highest BCUT2D eigenvalue weighted by molar-refractivity contribution is 9.11. The van der Waals surface area contributed by atoms with Crippen LogP contribution in [0.4, 0.5) is 10.5 Å². The van der Waals surface area contributed by atoms with Gasteiger partial charge in [-0.1, -0.05) is 15.9 Å². The fraction of sp³-hybridized carbons (Fsp3) is 0.462. The minimum Gasteiger partial charge on any atom is -0.372 e. The number of hydrogen-bond donors (Lipinski definition) is 1. The van der Waals surface area contributed by atoms with Gasteiger partial charge in [0.25, 0.3) is 0 Å². The molecule has 2 unspecified atom stereocenters. The van der Waals surface area contributed by atoms with Crippen molar-refractivity contribution in [3.63, 3.8) is 0 Å². The summed E-state index contributed by atoms with van der Waals surface area (Å²) in [6.45, 7) is 5.18. The molecule has 2 amide bonds. The third-order valence-electron chi connectivity index (χ3n) is 2.88. The summed E-state index contributed by atoms with van der Waals surface area (Å²) in [6.07, 6.45) is 0.140. The van der Waals surface area contributed by atoms with Gasteiger partial charge in [-0.3, -0.25) is 0 Å². The molecule has 6 heteroatoms. The number of carbonyl (C=O) groups is 1. The molecule has 0 saturated carbocycles. The number of amides is 2. The number of nitrogens with zero attached hydrogens (tertiary/aromatic N) is 1. The summed E-state index contributed by atoms with van der Waals surface area (Å²) < 4.78 is 7.41. The molecule has 1 fully saturated rings. The Labute approximate surface area is 129 Å². The molecule has 1 aliphatic rings. The molecule has 1 saturated heterocycles. The van der Waals surface area contributed by atoms with E-state index in [0.717, 1.165) is 14.6 Å². The summed E-state index contributed by atoms with van der Waals surface area (Å²) >= 11 is 6.82. The third kappa shape index (κ3) is 3.94. The van der Waals surface area contributed by atoms with E-state index in [1.807, 2.05) is 32.0 Å². The van der Waals surface area contributed by atoms with E-state index in [-0.39, 0.29) is 18.2 Å². The van der Waals surface area contributed by atoms with Crippen molar-refractivity contribution in [3.05, 3.63) is 27.1 Å². The lowest BCUT2D eigenvalue weighted by Crippen LogP contribution is -2.49. The third-order valence-corrected chi connectivity index (χ3v) is 4.06. The zero-order valence-corrected chi connectivity index (χ0v) is 14.0. The van der Waals surface area contributed by atoms with Crippen LogP contribution in [0, 0.1) is 0 Å². The van der Waals surface area contributed by atoms with Gasteiger partial charge in [-0.25, -0.2) is 4.79 Å². The molecule has 2 rings (SSSR count). The normalized spacial score (nSPS) is 23.3. The van der Waals surface area contributed by atoms with Gasteiger partial charge in [0.05, 0.1) is 17.9 Å². The van der Waals surface area contributed by atoms with Crippen molar-refractivity contribution < 1.29 is 9.53 Å². The fourth-order valence-corrected chi connectivity index (χ4v) is 2.84. The maximum absolute atomic E-state index is 12.2. The predicted octanol–water partition coefficient (Wildman–Crippen LogP) is 3.85. The summed E-state index contributed by atoms with van der Waals surface area (Å²) in [5.74, 6) is 0. The maximum atomic E-state index is 12.2. The molecule has 0 radical (unpaired) electrons. The smallest absolute Gasteiger partial charge is 0.322 e. The van der Waals surface area contributed by atoms with Crippen LogP contribution in [0.3, 0.4) is 0 Å². The fourth-order valence-electron chi connectivity index (χ4n) is 2.13. The molecule has 1 aromatic rings. The van der Waals surface area contributed by atoms with Crippen LogP contribution in [-0.4, -0.2) is 36.2 Å². The van der Waals surface area contributed by atoms with Crippen molar-refractivity contribution >= 4 is 43.6 Å². The summed E-state index contributed by atoms with van der Waals surface area (Å²) in [7, 11) is 0. The lowest BCUT2D eigenvalue weighted by Gasteiger charge is -2.35.